The van der Waals surface area contributed by atoms with Crippen LogP contribution in [-0.2, 0) is 11.0 Å². The van der Waals surface area contributed by atoms with Crippen LogP contribution in [0.2, 0.25) is 0 Å². The maximum absolute atomic E-state index is 13.0. The van der Waals surface area contributed by atoms with Crippen LogP contribution in [0.3, 0.4) is 0 Å². The summed E-state index contributed by atoms with van der Waals surface area (Å²) in [5, 5.41) is 14.5. The zero-order chi connectivity index (χ0) is 25.0. The van der Waals surface area contributed by atoms with E-state index in [2.05, 4.69) is 20.5 Å². The van der Waals surface area contributed by atoms with Gasteiger partial charge in [-0.1, -0.05) is 0 Å². The summed E-state index contributed by atoms with van der Waals surface area (Å²) in [5.74, 6) is 0.753. The van der Waals surface area contributed by atoms with E-state index in [1.807, 2.05) is 12.1 Å². The van der Waals surface area contributed by atoms with E-state index in [0.29, 0.717) is 25.1 Å². The highest BCUT2D eigenvalue weighted by Crippen LogP contribution is 2.30. The SMILES string of the molecule is O=C(Nc1ccc(C(F)(F)F)cc1)N[C@@H]1CCCN(c2ccc(N3CCCC(CO)C3)nc2)C1=O. The van der Waals surface area contributed by atoms with Gasteiger partial charge in [0.2, 0.25) is 5.91 Å². The van der Waals surface area contributed by atoms with E-state index in [4.69, 9.17) is 0 Å². The third-order valence-corrected chi connectivity index (χ3v) is 6.36. The number of anilines is 3. The molecule has 2 aliphatic heterocycles. The number of aliphatic hydroxyl groups excluding tert-OH is 1. The normalized spacial score (nSPS) is 21.1. The Morgan fingerprint density at radius 1 is 1.09 bits per heavy atom. The molecule has 0 saturated carbocycles. The number of halogens is 3. The average molecular weight is 492 g/mol. The summed E-state index contributed by atoms with van der Waals surface area (Å²) in [4.78, 5) is 33.6. The molecule has 3 amide bonds. The zero-order valence-electron chi connectivity index (χ0n) is 19.1. The molecule has 1 aromatic heterocycles. The molecule has 0 spiro atoms. The molecule has 2 saturated heterocycles. The lowest BCUT2D eigenvalue weighted by Crippen LogP contribution is -2.53. The first-order chi connectivity index (χ1) is 16.7. The number of benzene rings is 1. The van der Waals surface area contributed by atoms with Crippen LogP contribution in [0, 0.1) is 5.92 Å². The minimum atomic E-state index is -4.46. The molecule has 8 nitrogen and oxygen atoms in total. The topological polar surface area (TPSA) is 97.8 Å². The number of nitrogens with zero attached hydrogens (tertiary/aromatic N) is 3. The number of pyridine rings is 1. The lowest BCUT2D eigenvalue weighted by atomic mass is 9.99. The molecule has 3 heterocycles. The van der Waals surface area contributed by atoms with Crippen LogP contribution in [0.25, 0.3) is 0 Å². The summed E-state index contributed by atoms with van der Waals surface area (Å²) in [7, 11) is 0. The summed E-state index contributed by atoms with van der Waals surface area (Å²) in [6.45, 7) is 2.25. The number of aromatic nitrogens is 1. The highest BCUT2D eigenvalue weighted by molar-refractivity contribution is 6.01. The van der Waals surface area contributed by atoms with Gasteiger partial charge in [-0.25, -0.2) is 9.78 Å². The Morgan fingerprint density at radius 2 is 1.83 bits per heavy atom. The molecule has 2 aliphatic rings. The van der Waals surface area contributed by atoms with Crippen molar-refractivity contribution in [2.45, 2.75) is 37.9 Å². The van der Waals surface area contributed by atoms with Crippen LogP contribution in [0.15, 0.2) is 42.6 Å². The number of urea groups is 1. The number of alkyl halides is 3. The van der Waals surface area contributed by atoms with E-state index >= 15 is 0 Å². The van der Waals surface area contributed by atoms with Crippen molar-refractivity contribution in [3.63, 3.8) is 0 Å². The third kappa shape index (κ3) is 6.02. The van der Waals surface area contributed by atoms with Gasteiger partial charge in [0.25, 0.3) is 0 Å². The molecule has 4 rings (SSSR count). The number of piperidine rings is 2. The van der Waals surface area contributed by atoms with E-state index in [1.54, 1.807) is 11.1 Å². The number of rotatable bonds is 5. The minimum Gasteiger partial charge on any atom is -0.396 e. The van der Waals surface area contributed by atoms with Crippen molar-refractivity contribution in [3.8, 4) is 0 Å². The second-order valence-electron chi connectivity index (χ2n) is 8.87. The first-order valence-corrected chi connectivity index (χ1v) is 11.6. The fourth-order valence-corrected chi connectivity index (χ4v) is 4.48. The molecule has 2 atom stereocenters. The number of carbonyl (C=O) groups excluding carboxylic acids is 2. The molecule has 1 aromatic carbocycles. The first-order valence-electron chi connectivity index (χ1n) is 11.6. The van der Waals surface area contributed by atoms with Gasteiger partial charge < -0.3 is 25.5 Å². The number of hydrogen-bond donors (Lipinski definition) is 3. The highest BCUT2D eigenvalue weighted by Gasteiger charge is 2.32. The van der Waals surface area contributed by atoms with Gasteiger partial charge in [0.15, 0.2) is 0 Å². The van der Waals surface area contributed by atoms with Gasteiger partial charge in [-0.3, -0.25) is 4.79 Å². The maximum atomic E-state index is 13.0. The molecule has 2 aromatic rings. The molecule has 0 bridgehead atoms. The van der Waals surface area contributed by atoms with Crippen molar-refractivity contribution < 1.29 is 27.9 Å². The Morgan fingerprint density at radius 3 is 2.49 bits per heavy atom. The molecule has 3 N–H and O–H groups in total. The molecule has 188 valence electrons. The number of hydrogen-bond acceptors (Lipinski definition) is 5. The molecular formula is C24H28F3N5O3. The van der Waals surface area contributed by atoms with E-state index in [9.17, 15) is 27.9 Å². The molecule has 0 radical (unpaired) electrons. The standard InChI is InChI=1S/C24H28F3N5O3/c25-24(26,27)17-5-7-18(8-6-17)29-23(35)30-20-4-2-12-32(22(20)34)19-9-10-21(28-13-19)31-11-1-3-16(14-31)15-33/h5-10,13,16,20,33H,1-4,11-12,14-15H2,(H2,29,30,35)/t16?,20-/m1/s1. The van der Waals surface area contributed by atoms with Crippen LogP contribution in [0.5, 0.6) is 0 Å². The number of carbonyl (C=O) groups is 2. The van der Waals surface area contributed by atoms with Crippen molar-refractivity contribution in [1.29, 1.82) is 0 Å². The first kappa shape index (κ1) is 24.8. The number of aliphatic hydroxyl groups is 1. The van der Waals surface area contributed by atoms with Gasteiger partial charge in [0.1, 0.15) is 11.9 Å². The zero-order valence-corrected chi connectivity index (χ0v) is 19.1. The number of nitrogens with one attached hydrogen (secondary N) is 2. The largest absolute Gasteiger partial charge is 0.416 e. The molecule has 0 aliphatic carbocycles. The van der Waals surface area contributed by atoms with Crippen molar-refractivity contribution in [3.05, 3.63) is 48.2 Å². The van der Waals surface area contributed by atoms with E-state index < -0.39 is 23.8 Å². The quantitative estimate of drug-likeness (QED) is 0.594. The maximum Gasteiger partial charge on any atom is 0.416 e. The fourth-order valence-electron chi connectivity index (χ4n) is 4.48. The van der Waals surface area contributed by atoms with Crippen LogP contribution in [-0.4, -0.2) is 54.3 Å². The smallest absolute Gasteiger partial charge is 0.396 e. The average Bonchev–Trinajstić information content (AvgIpc) is 2.85. The second kappa shape index (κ2) is 10.5. The fraction of sp³-hybridized carbons (Fsp3) is 0.458. The summed E-state index contributed by atoms with van der Waals surface area (Å²) < 4.78 is 38.1. The summed E-state index contributed by atoms with van der Waals surface area (Å²) in [6.07, 6.45) is 0.290. The number of amides is 3. The Hall–Kier alpha value is -3.34. The lowest BCUT2D eigenvalue weighted by molar-refractivity contribution is -0.137. The Bertz CT molecular complexity index is 1030. The van der Waals surface area contributed by atoms with Crippen molar-refractivity contribution >= 4 is 29.1 Å². The van der Waals surface area contributed by atoms with Gasteiger partial charge in [-0.15, -0.1) is 0 Å². The Labute approximate surface area is 201 Å². The highest BCUT2D eigenvalue weighted by atomic mass is 19.4. The van der Waals surface area contributed by atoms with Gasteiger partial charge in [-0.2, -0.15) is 13.2 Å². The lowest BCUT2D eigenvalue weighted by Gasteiger charge is -2.34. The predicted molar refractivity (Wildman–Crippen MR) is 125 cm³/mol. The van der Waals surface area contributed by atoms with Gasteiger partial charge in [0, 0.05) is 31.9 Å². The summed E-state index contributed by atoms with van der Waals surface area (Å²) in [5.41, 5.74) is 0.00959. The molecule has 2 fully saturated rings. The van der Waals surface area contributed by atoms with E-state index in [-0.39, 0.29) is 24.1 Å². The predicted octanol–water partition coefficient (Wildman–Crippen LogP) is 3.63. The molecule has 11 heteroatoms. The van der Waals surface area contributed by atoms with Crippen molar-refractivity contribution in [2.24, 2.45) is 5.92 Å². The van der Waals surface area contributed by atoms with Crippen LogP contribution in [0.1, 0.15) is 31.2 Å². The summed E-state index contributed by atoms with van der Waals surface area (Å²) >= 11 is 0. The molecule has 1 unspecified atom stereocenters. The van der Waals surface area contributed by atoms with Gasteiger partial charge in [0.05, 0.1) is 17.4 Å². The Kier molecular flexibility index (Phi) is 7.44. The van der Waals surface area contributed by atoms with Crippen molar-refractivity contribution in [1.82, 2.24) is 10.3 Å². The minimum absolute atomic E-state index is 0.150. The van der Waals surface area contributed by atoms with Gasteiger partial charge in [-0.05, 0) is 68.0 Å². The molecule has 35 heavy (non-hydrogen) atoms. The molecular weight excluding hydrogens is 463 g/mol. The Balaban J connectivity index is 1.35. The third-order valence-electron chi connectivity index (χ3n) is 6.36. The second-order valence-corrected chi connectivity index (χ2v) is 8.87. The van der Waals surface area contributed by atoms with Crippen molar-refractivity contribution in [2.75, 3.05) is 41.4 Å². The van der Waals surface area contributed by atoms with Gasteiger partial charge >= 0.3 is 12.2 Å². The van der Waals surface area contributed by atoms with Crippen LogP contribution < -0.4 is 20.4 Å². The van der Waals surface area contributed by atoms with Crippen LogP contribution >= 0.6 is 0 Å². The van der Waals surface area contributed by atoms with E-state index in [0.717, 1.165) is 56.0 Å². The van der Waals surface area contributed by atoms with Crippen LogP contribution in [0.4, 0.5) is 35.2 Å². The van der Waals surface area contributed by atoms with E-state index in [1.165, 1.54) is 0 Å². The monoisotopic (exact) mass is 491 g/mol. The summed E-state index contributed by atoms with van der Waals surface area (Å²) in [6, 6.07) is 6.35.